The van der Waals surface area contributed by atoms with Gasteiger partial charge in [0.1, 0.15) is 0 Å². The molecule has 0 spiro atoms. The molecule has 154 valence electrons. The van der Waals surface area contributed by atoms with Crippen molar-refractivity contribution in [2.45, 2.75) is 33.7 Å². The molecular weight excluding hydrogens is 384 g/mol. The molecule has 0 saturated carbocycles. The number of thiazole rings is 1. The Hall–Kier alpha value is -2.73. The maximum absolute atomic E-state index is 5.54. The molecule has 0 amide bonds. The van der Waals surface area contributed by atoms with E-state index in [4.69, 9.17) is 19.2 Å². The summed E-state index contributed by atoms with van der Waals surface area (Å²) in [7, 11) is 4.87. The van der Waals surface area contributed by atoms with Crippen LogP contribution in [-0.4, -0.2) is 25.9 Å². The summed E-state index contributed by atoms with van der Waals surface area (Å²) < 4.78 is 18.8. The van der Waals surface area contributed by atoms with Gasteiger partial charge in [-0.2, -0.15) is 0 Å². The number of benzene rings is 2. The number of hydrogen-bond donors (Lipinski definition) is 0. The van der Waals surface area contributed by atoms with Gasteiger partial charge in [0.05, 0.1) is 32.7 Å². The Morgan fingerprint density at radius 3 is 2.14 bits per heavy atom. The molecule has 0 radical (unpaired) electrons. The molecule has 0 bridgehead atoms. The summed E-state index contributed by atoms with van der Waals surface area (Å²) in [4.78, 5) is 5.94. The first-order valence-corrected chi connectivity index (χ1v) is 10.4. The van der Waals surface area contributed by atoms with E-state index in [0.29, 0.717) is 17.2 Å². The van der Waals surface area contributed by atoms with Gasteiger partial charge in [-0.15, -0.1) is 11.3 Å². The molecule has 6 heteroatoms. The van der Waals surface area contributed by atoms with Crippen molar-refractivity contribution >= 4 is 17.0 Å². The largest absolute Gasteiger partial charge is 0.493 e. The van der Waals surface area contributed by atoms with Crippen LogP contribution in [0.5, 0.6) is 17.2 Å². The van der Waals surface area contributed by atoms with Gasteiger partial charge < -0.3 is 18.8 Å². The molecule has 0 N–H and O–H groups in total. The molecule has 29 heavy (non-hydrogen) atoms. The molecule has 3 aromatic rings. The van der Waals surface area contributed by atoms with E-state index in [0.717, 1.165) is 27.3 Å². The Bertz CT molecular complexity index is 1050. The second kappa shape index (κ2) is 8.74. The van der Waals surface area contributed by atoms with E-state index in [9.17, 15) is 0 Å². The second-order valence-electron chi connectivity index (χ2n) is 7.18. The lowest BCUT2D eigenvalue weighted by atomic mass is 10.1. The Kier molecular flexibility index (Phi) is 6.33. The highest BCUT2D eigenvalue weighted by Crippen LogP contribution is 2.41. The van der Waals surface area contributed by atoms with Crippen LogP contribution in [0.15, 0.2) is 40.7 Å². The molecule has 1 heterocycles. The van der Waals surface area contributed by atoms with Crippen molar-refractivity contribution in [2.75, 3.05) is 21.3 Å². The normalized spacial score (nSPS) is 11.8. The molecule has 0 fully saturated rings. The minimum atomic E-state index is 0.235. The lowest BCUT2D eigenvalue weighted by molar-refractivity contribution is 0.324. The zero-order valence-corrected chi connectivity index (χ0v) is 18.9. The quantitative estimate of drug-likeness (QED) is 0.524. The third-order valence-electron chi connectivity index (χ3n) is 4.80. The van der Waals surface area contributed by atoms with Gasteiger partial charge in [-0.25, -0.2) is 4.99 Å². The first kappa shape index (κ1) is 21.0. The fourth-order valence-electron chi connectivity index (χ4n) is 3.28. The average Bonchev–Trinajstić information content (AvgIpc) is 3.13. The standard InChI is InChI=1S/C23H28N2O3S/c1-14(2)25-19(17-11-20(26-5)22(28-7)21(12-17)27-6)13-29-23(25)24-18-10-15(3)8-9-16(18)4/h8-14H,1-7H3. The zero-order valence-electron chi connectivity index (χ0n) is 18.1. The van der Waals surface area contributed by atoms with Crippen LogP contribution in [0.2, 0.25) is 0 Å². The van der Waals surface area contributed by atoms with Crippen LogP contribution in [-0.2, 0) is 0 Å². The minimum Gasteiger partial charge on any atom is -0.493 e. The molecule has 0 unspecified atom stereocenters. The Morgan fingerprint density at radius 1 is 0.931 bits per heavy atom. The monoisotopic (exact) mass is 412 g/mol. The van der Waals surface area contributed by atoms with Gasteiger partial charge in [0.15, 0.2) is 16.3 Å². The number of hydrogen-bond acceptors (Lipinski definition) is 5. The predicted octanol–water partition coefficient (Wildman–Crippen LogP) is 5.67. The number of rotatable bonds is 6. The highest BCUT2D eigenvalue weighted by atomic mass is 32.1. The van der Waals surface area contributed by atoms with Gasteiger partial charge in [0.2, 0.25) is 5.75 Å². The summed E-state index contributed by atoms with van der Waals surface area (Å²) in [5.74, 6) is 1.86. The third kappa shape index (κ3) is 4.17. The maximum Gasteiger partial charge on any atom is 0.203 e. The van der Waals surface area contributed by atoms with Gasteiger partial charge in [-0.05, 0) is 57.0 Å². The van der Waals surface area contributed by atoms with E-state index in [1.165, 1.54) is 5.56 Å². The highest BCUT2D eigenvalue weighted by molar-refractivity contribution is 7.07. The lowest BCUT2D eigenvalue weighted by Crippen LogP contribution is -2.18. The van der Waals surface area contributed by atoms with Crippen LogP contribution in [0.4, 0.5) is 5.69 Å². The van der Waals surface area contributed by atoms with Crippen molar-refractivity contribution in [2.24, 2.45) is 4.99 Å². The number of aromatic nitrogens is 1. The van der Waals surface area contributed by atoms with E-state index in [-0.39, 0.29) is 6.04 Å². The molecule has 0 aliphatic carbocycles. The third-order valence-corrected chi connectivity index (χ3v) is 5.64. The topological polar surface area (TPSA) is 45.0 Å². The summed E-state index contributed by atoms with van der Waals surface area (Å²) in [6.07, 6.45) is 0. The molecule has 5 nitrogen and oxygen atoms in total. The fourth-order valence-corrected chi connectivity index (χ4v) is 4.32. The van der Waals surface area contributed by atoms with E-state index in [2.05, 4.69) is 55.8 Å². The van der Waals surface area contributed by atoms with Crippen LogP contribution < -0.4 is 19.0 Å². The van der Waals surface area contributed by atoms with Crippen molar-refractivity contribution in [3.05, 3.63) is 51.6 Å². The predicted molar refractivity (Wildman–Crippen MR) is 119 cm³/mol. The van der Waals surface area contributed by atoms with Gasteiger partial charge >= 0.3 is 0 Å². The Labute approximate surface area is 176 Å². The molecule has 0 aliphatic heterocycles. The number of aryl methyl sites for hydroxylation is 2. The SMILES string of the molecule is COc1cc(-c2csc(=Nc3cc(C)ccc3C)n2C(C)C)cc(OC)c1OC. The van der Waals surface area contributed by atoms with E-state index >= 15 is 0 Å². The van der Waals surface area contributed by atoms with Crippen molar-refractivity contribution in [3.63, 3.8) is 0 Å². The van der Waals surface area contributed by atoms with Crippen molar-refractivity contribution in [1.29, 1.82) is 0 Å². The van der Waals surface area contributed by atoms with E-state index in [1.54, 1.807) is 32.7 Å². The molecule has 2 aromatic carbocycles. The fraction of sp³-hybridized carbons (Fsp3) is 0.348. The van der Waals surface area contributed by atoms with Crippen LogP contribution in [0.25, 0.3) is 11.3 Å². The first-order valence-electron chi connectivity index (χ1n) is 9.52. The van der Waals surface area contributed by atoms with Gasteiger partial charge in [-0.3, -0.25) is 0 Å². The average molecular weight is 413 g/mol. The Morgan fingerprint density at radius 2 is 1.59 bits per heavy atom. The van der Waals surface area contributed by atoms with Gasteiger partial charge in [0, 0.05) is 17.0 Å². The second-order valence-corrected chi connectivity index (χ2v) is 8.02. The van der Waals surface area contributed by atoms with Crippen molar-refractivity contribution in [1.82, 2.24) is 4.57 Å². The minimum absolute atomic E-state index is 0.235. The summed E-state index contributed by atoms with van der Waals surface area (Å²) in [5.41, 5.74) is 5.42. The van der Waals surface area contributed by atoms with E-state index in [1.807, 2.05) is 12.1 Å². The van der Waals surface area contributed by atoms with E-state index < -0.39 is 0 Å². The number of nitrogens with zero attached hydrogens (tertiary/aromatic N) is 2. The van der Waals surface area contributed by atoms with Crippen molar-refractivity contribution < 1.29 is 14.2 Å². The molecule has 0 aliphatic rings. The van der Waals surface area contributed by atoms with Crippen molar-refractivity contribution in [3.8, 4) is 28.5 Å². The zero-order chi connectivity index (χ0) is 21.1. The summed E-state index contributed by atoms with van der Waals surface area (Å²) in [6.45, 7) is 8.50. The molecule has 1 aromatic heterocycles. The lowest BCUT2D eigenvalue weighted by Gasteiger charge is -2.17. The maximum atomic E-state index is 5.54. The summed E-state index contributed by atoms with van der Waals surface area (Å²) in [5, 5.41) is 2.13. The van der Waals surface area contributed by atoms with Gasteiger partial charge in [-0.1, -0.05) is 12.1 Å². The van der Waals surface area contributed by atoms with Crippen LogP contribution in [0, 0.1) is 13.8 Å². The summed E-state index contributed by atoms with van der Waals surface area (Å²) >= 11 is 1.63. The smallest absolute Gasteiger partial charge is 0.203 e. The number of ether oxygens (including phenoxy) is 3. The molecular formula is C23H28N2O3S. The first-order chi connectivity index (χ1) is 13.9. The van der Waals surface area contributed by atoms with Crippen LogP contribution in [0.1, 0.15) is 31.0 Å². The molecule has 0 saturated heterocycles. The number of methoxy groups -OCH3 is 3. The summed E-state index contributed by atoms with van der Waals surface area (Å²) in [6, 6.07) is 10.5. The Balaban J connectivity index is 2.23. The van der Waals surface area contributed by atoms with Crippen LogP contribution >= 0.6 is 11.3 Å². The molecule has 0 atom stereocenters. The molecule has 3 rings (SSSR count). The van der Waals surface area contributed by atoms with Crippen LogP contribution in [0.3, 0.4) is 0 Å². The van der Waals surface area contributed by atoms with Gasteiger partial charge in [0.25, 0.3) is 0 Å². The highest BCUT2D eigenvalue weighted by Gasteiger charge is 2.18.